The first-order chi connectivity index (χ1) is 14.9. The van der Waals surface area contributed by atoms with E-state index in [1.807, 2.05) is 6.92 Å². The van der Waals surface area contributed by atoms with E-state index in [1.54, 1.807) is 24.3 Å². The molecule has 1 aromatic heterocycles. The highest BCUT2D eigenvalue weighted by Crippen LogP contribution is 2.24. The Morgan fingerprint density at radius 1 is 1.19 bits per heavy atom. The lowest BCUT2D eigenvalue weighted by Crippen LogP contribution is -2.42. The van der Waals surface area contributed by atoms with Gasteiger partial charge in [0.05, 0.1) is 26.9 Å². The molecule has 1 aromatic carbocycles. The maximum atomic E-state index is 13.0. The van der Waals surface area contributed by atoms with Gasteiger partial charge in [0.25, 0.3) is 11.5 Å². The number of nitrogens with one attached hydrogen (secondary N) is 1. The number of benzene rings is 1. The number of aromatic amines is 1. The van der Waals surface area contributed by atoms with Gasteiger partial charge < -0.3 is 19.9 Å². The van der Waals surface area contributed by atoms with Crippen LogP contribution in [0.15, 0.2) is 33.9 Å². The van der Waals surface area contributed by atoms with Crippen LogP contribution in [-0.4, -0.2) is 49.5 Å². The van der Waals surface area contributed by atoms with Crippen molar-refractivity contribution in [1.82, 2.24) is 9.55 Å². The number of rotatable bonds is 12. The number of unbranched alkanes of at least 4 members (excludes halogenated alkanes) is 1. The van der Waals surface area contributed by atoms with Gasteiger partial charge in [0.2, 0.25) is 0 Å². The molecule has 31 heavy (non-hydrogen) atoms. The smallest absolute Gasteiger partial charge is 0.330 e. The van der Waals surface area contributed by atoms with Gasteiger partial charge in [0.1, 0.15) is 18.2 Å². The van der Waals surface area contributed by atoms with Crippen molar-refractivity contribution in [3.8, 4) is 5.75 Å². The van der Waals surface area contributed by atoms with Crippen LogP contribution in [0.25, 0.3) is 0 Å². The summed E-state index contributed by atoms with van der Waals surface area (Å²) in [4.78, 5) is 41.5. The van der Waals surface area contributed by atoms with Gasteiger partial charge in [-0.15, -0.1) is 0 Å². The minimum Gasteiger partial charge on any atom is -0.496 e. The van der Waals surface area contributed by atoms with Crippen molar-refractivity contribution in [2.45, 2.75) is 32.9 Å². The van der Waals surface area contributed by atoms with Gasteiger partial charge in [0, 0.05) is 19.2 Å². The Bertz CT molecular complexity index is 985. The molecule has 0 aliphatic heterocycles. The Hall–Kier alpha value is -3.11. The molecule has 0 radical (unpaired) electrons. The summed E-state index contributed by atoms with van der Waals surface area (Å²) in [7, 11) is 3.05. The van der Waals surface area contributed by atoms with Gasteiger partial charge in [0.15, 0.2) is 5.69 Å². The first-order valence-corrected chi connectivity index (χ1v) is 10.1. The van der Waals surface area contributed by atoms with Gasteiger partial charge in [-0.3, -0.25) is 24.0 Å². The monoisotopic (exact) mass is 434 g/mol. The van der Waals surface area contributed by atoms with E-state index < -0.39 is 17.2 Å². The van der Waals surface area contributed by atoms with E-state index >= 15 is 0 Å². The predicted molar refractivity (Wildman–Crippen MR) is 118 cm³/mol. The molecule has 0 unspecified atom stereocenters. The molecule has 0 fully saturated rings. The number of H-pyrrole nitrogens is 1. The quantitative estimate of drug-likeness (QED) is 0.479. The van der Waals surface area contributed by atoms with E-state index in [9.17, 15) is 14.4 Å². The van der Waals surface area contributed by atoms with E-state index in [0.717, 1.165) is 6.42 Å². The summed E-state index contributed by atoms with van der Waals surface area (Å²) in [5.41, 5.74) is 5.44. The molecule has 2 rings (SSSR count). The van der Waals surface area contributed by atoms with Crippen molar-refractivity contribution in [1.29, 1.82) is 0 Å². The van der Waals surface area contributed by atoms with Crippen LogP contribution < -0.4 is 26.6 Å². The number of amides is 1. The summed E-state index contributed by atoms with van der Waals surface area (Å²) in [6, 6.07) is 7.13. The average Bonchev–Trinajstić information content (AvgIpc) is 2.76. The number of para-hydroxylation sites is 1. The number of nitrogen functional groups attached to an aromatic ring is 1. The lowest BCUT2D eigenvalue weighted by atomic mass is 10.1. The molecule has 0 bridgehead atoms. The Labute approximate surface area is 180 Å². The SMILES string of the molecule is CCCCn1c(N)c(N(Cc2ccccc2OC)C(=O)COCCOC)c(=O)[nH]c1=O. The van der Waals surface area contributed by atoms with Gasteiger partial charge >= 0.3 is 5.69 Å². The second-order valence-electron chi connectivity index (χ2n) is 6.84. The minimum atomic E-state index is -0.740. The van der Waals surface area contributed by atoms with Crippen LogP contribution in [0.4, 0.5) is 11.5 Å². The molecule has 1 amide bonds. The second-order valence-corrected chi connectivity index (χ2v) is 6.84. The lowest BCUT2D eigenvalue weighted by Gasteiger charge is -2.25. The molecular formula is C21H30N4O6. The Morgan fingerprint density at radius 2 is 1.94 bits per heavy atom. The third-order valence-electron chi connectivity index (χ3n) is 4.70. The number of methoxy groups -OCH3 is 2. The van der Waals surface area contributed by atoms with Crippen LogP contribution in [0, 0.1) is 0 Å². The third-order valence-corrected chi connectivity index (χ3v) is 4.70. The summed E-state index contributed by atoms with van der Waals surface area (Å²) in [5.74, 6) is -0.00264. The number of carbonyl (C=O) groups excluding carboxylic acids is 1. The number of aromatic nitrogens is 2. The molecule has 0 aliphatic carbocycles. The van der Waals surface area contributed by atoms with Gasteiger partial charge in [-0.2, -0.15) is 0 Å². The number of nitrogens with two attached hydrogens (primary N) is 1. The van der Waals surface area contributed by atoms with Crippen molar-refractivity contribution in [3.63, 3.8) is 0 Å². The molecule has 1 heterocycles. The maximum Gasteiger partial charge on any atom is 0.330 e. The van der Waals surface area contributed by atoms with Gasteiger partial charge in [-0.05, 0) is 12.5 Å². The number of hydrogen-bond donors (Lipinski definition) is 2. The lowest BCUT2D eigenvalue weighted by molar-refractivity contribution is -0.123. The fourth-order valence-electron chi connectivity index (χ4n) is 3.05. The number of nitrogens with zero attached hydrogens (tertiary/aromatic N) is 2. The normalized spacial score (nSPS) is 10.8. The number of ether oxygens (including phenoxy) is 3. The highest BCUT2D eigenvalue weighted by Gasteiger charge is 2.25. The highest BCUT2D eigenvalue weighted by atomic mass is 16.5. The fourth-order valence-corrected chi connectivity index (χ4v) is 3.05. The van der Waals surface area contributed by atoms with E-state index in [0.29, 0.717) is 30.9 Å². The molecule has 0 saturated carbocycles. The molecule has 0 atom stereocenters. The summed E-state index contributed by atoms with van der Waals surface area (Å²) in [6.07, 6.45) is 1.52. The predicted octanol–water partition coefficient (Wildman–Crippen LogP) is 1.12. The van der Waals surface area contributed by atoms with E-state index in [2.05, 4.69) is 4.98 Å². The molecular weight excluding hydrogens is 404 g/mol. The molecule has 0 spiro atoms. The molecule has 10 nitrogen and oxygen atoms in total. The molecule has 2 aromatic rings. The molecule has 3 N–H and O–H groups in total. The molecule has 170 valence electrons. The largest absolute Gasteiger partial charge is 0.496 e. The molecule has 10 heteroatoms. The first kappa shape index (κ1) is 24.2. The Balaban J connectivity index is 2.50. The zero-order chi connectivity index (χ0) is 22.8. The summed E-state index contributed by atoms with van der Waals surface area (Å²) in [6.45, 7) is 2.56. The number of carbonyl (C=O) groups is 1. The molecule has 0 saturated heterocycles. The zero-order valence-electron chi connectivity index (χ0n) is 18.2. The third kappa shape index (κ3) is 6.19. The average molecular weight is 434 g/mol. The van der Waals surface area contributed by atoms with Crippen molar-refractivity contribution < 1.29 is 19.0 Å². The van der Waals surface area contributed by atoms with Crippen LogP contribution in [0.1, 0.15) is 25.3 Å². The minimum absolute atomic E-state index is 0.00967. The summed E-state index contributed by atoms with van der Waals surface area (Å²) >= 11 is 0. The zero-order valence-corrected chi connectivity index (χ0v) is 18.2. The summed E-state index contributed by atoms with van der Waals surface area (Å²) < 4.78 is 16.9. The van der Waals surface area contributed by atoms with Gasteiger partial charge in [-0.25, -0.2) is 4.79 Å². The van der Waals surface area contributed by atoms with Crippen LogP contribution in [0.3, 0.4) is 0 Å². The second kappa shape index (κ2) is 11.9. The van der Waals surface area contributed by atoms with Crippen molar-refractivity contribution in [2.24, 2.45) is 0 Å². The fraction of sp³-hybridized carbons (Fsp3) is 0.476. The summed E-state index contributed by atoms with van der Waals surface area (Å²) in [5, 5.41) is 0. The Kier molecular flexibility index (Phi) is 9.29. The van der Waals surface area contributed by atoms with Crippen molar-refractivity contribution in [2.75, 3.05) is 44.7 Å². The van der Waals surface area contributed by atoms with Gasteiger partial charge in [-0.1, -0.05) is 31.5 Å². The topological polar surface area (TPSA) is 129 Å². The Morgan fingerprint density at radius 3 is 2.61 bits per heavy atom. The maximum absolute atomic E-state index is 13.0. The van der Waals surface area contributed by atoms with Crippen LogP contribution >= 0.6 is 0 Å². The van der Waals surface area contributed by atoms with E-state index in [4.69, 9.17) is 19.9 Å². The van der Waals surface area contributed by atoms with Crippen LogP contribution in [-0.2, 0) is 27.4 Å². The molecule has 0 aliphatic rings. The van der Waals surface area contributed by atoms with Crippen LogP contribution in [0.5, 0.6) is 5.75 Å². The van der Waals surface area contributed by atoms with E-state index in [-0.39, 0.29) is 31.3 Å². The van der Waals surface area contributed by atoms with Crippen molar-refractivity contribution in [3.05, 3.63) is 50.7 Å². The van der Waals surface area contributed by atoms with E-state index in [1.165, 1.54) is 23.7 Å². The standard InChI is InChI=1S/C21H30N4O6/c1-4-5-10-24-19(22)18(20(27)23-21(24)28)25(17(26)14-31-12-11-29-2)13-15-8-6-7-9-16(15)30-3/h6-9H,4-5,10-14,22H2,1-3H3,(H,23,27,28). The van der Waals surface area contributed by atoms with Crippen molar-refractivity contribution >= 4 is 17.4 Å². The number of anilines is 2. The van der Waals surface area contributed by atoms with Crippen LogP contribution in [0.2, 0.25) is 0 Å². The number of hydrogen-bond acceptors (Lipinski definition) is 7. The first-order valence-electron chi connectivity index (χ1n) is 10.1. The highest BCUT2D eigenvalue weighted by molar-refractivity contribution is 5.96.